The van der Waals surface area contributed by atoms with Crippen LogP contribution < -0.4 is 0 Å². The Morgan fingerprint density at radius 2 is 0.771 bits per heavy atom. The first-order valence-electron chi connectivity index (χ1n) is 26.8. The molecule has 11 nitrogen and oxygen atoms in total. The predicted molar refractivity (Wildman–Crippen MR) is 288 cm³/mol. The van der Waals surface area contributed by atoms with Crippen molar-refractivity contribution in [2.45, 2.75) is 213 Å². The summed E-state index contributed by atoms with van der Waals surface area (Å²) in [5, 5.41) is 9.77. The van der Waals surface area contributed by atoms with E-state index < -0.39 is 57.8 Å². The third-order valence-corrected chi connectivity index (χ3v) is 11.6. The van der Waals surface area contributed by atoms with Gasteiger partial charge in [0, 0.05) is 19.3 Å². The highest BCUT2D eigenvalue weighted by molar-refractivity contribution is 7.47. The number of hydrogen-bond donors (Lipinski definition) is 2. The summed E-state index contributed by atoms with van der Waals surface area (Å²) in [6, 6.07) is 0. The maximum absolute atomic E-state index is 12.9. The van der Waals surface area contributed by atoms with Crippen molar-refractivity contribution < 1.29 is 52.2 Å². The van der Waals surface area contributed by atoms with Gasteiger partial charge < -0.3 is 24.2 Å². The molecule has 0 aliphatic heterocycles. The average molecular weight is 999 g/mol. The summed E-state index contributed by atoms with van der Waals surface area (Å²) < 4.78 is 39.3. The Balaban J connectivity index is 4.84. The van der Waals surface area contributed by atoms with Gasteiger partial charge in [-0.2, -0.15) is 0 Å². The number of ether oxygens (including phenoxy) is 3. The van der Waals surface area contributed by atoms with E-state index in [1.54, 1.807) is 0 Å². The number of allylic oxidation sites excluding steroid dienone is 18. The van der Waals surface area contributed by atoms with E-state index >= 15 is 0 Å². The van der Waals surface area contributed by atoms with Crippen LogP contribution in [0.2, 0.25) is 0 Å². The van der Waals surface area contributed by atoms with E-state index in [0.717, 1.165) is 103 Å². The summed E-state index contributed by atoms with van der Waals surface area (Å²) in [5.74, 6) is -1.62. The topological polar surface area (TPSA) is 155 Å². The minimum atomic E-state index is -4.78. The number of unbranched alkanes of at least 4 members (excludes halogenated alkanes) is 13. The van der Waals surface area contributed by atoms with Gasteiger partial charge in [-0.3, -0.25) is 23.4 Å². The van der Waals surface area contributed by atoms with Crippen molar-refractivity contribution in [1.29, 1.82) is 0 Å². The molecule has 0 spiro atoms. The molecule has 12 heteroatoms. The molecule has 0 aliphatic carbocycles. The Kier molecular flexibility index (Phi) is 48.7. The predicted octanol–water partition coefficient (Wildman–Crippen LogP) is 15.5. The molecule has 0 aromatic heterocycles. The number of aliphatic hydroxyl groups is 1. The van der Waals surface area contributed by atoms with Crippen LogP contribution in [0.3, 0.4) is 0 Å². The second kappa shape index (κ2) is 51.5. The lowest BCUT2D eigenvalue weighted by atomic mass is 10.1. The van der Waals surface area contributed by atoms with E-state index in [4.69, 9.17) is 23.3 Å². The first-order chi connectivity index (χ1) is 34.2. The van der Waals surface area contributed by atoms with Crippen molar-refractivity contribution in [3.05, 3.63) is 109 Å². The monoisotopic (exact) mass is 999 g/mol. The Bertz CT molecular complexity index is 1590. The molecular weight excluding hydrogens is 904 g/mol. The summed E-state index contributed by atoms with van der Waals surface area (Å²) in [7, 11) is -4.78. The smallest absolute Gasteiger partial charge is 0.462 e. The van der Waals surface area contributed by atoms with E-state index in [9.17, 15) is 28.9 Å². The van der Waals surface area contributed by atoms with Gasteiger partial charge in [-0.15, -0.1) is 0 Å². The molecule has 0 amide bonds. The van der Waals surface area contributed by atoms with Crippen molar-refractivity contribution in [3.63, 3.8) is 0 Å². The summed E-state index contributed by atoms with van der Waals surface area (Å²) >= 11 is 0. The SMILES string of the molecule is CC/C=C\C/C=C\C/C=C\C/C=C\CCC(=O)OC(COC(=O)CCCCCCCCC/C=C\C/C=C\CCCCC)COP(=O)(O)OCC(CO)OC(=O)CCCCC/C=C\C/C=C\C/C=C\CC. The van der Waals surface area contributed by atoms with E-state index in [-0.39, 0.29) is 25.9 Å². The van der Waals surface area contributed by atoms with E-state index in [0.29, 0.717) is 19.3 Å². The van der Waals surface area contributed by atoms with Crippen molar-refractivity contribution in [2.75, 3.05) is 26.4 Å². The van der Waals surface area contributed by atoms with Crippen LogP contribution in [-0.4, -0.2) is 66.5 Å². The highest BCUT2D eigenvalue weighted by Gasteiger charge is 2.28. The molecule has 0 saturated carbocycles. The van der Waals surface area contributed by atoms with Crippen LogP contribution in [-0.2, 0) is 42.2 Å². The minimum absolute atomic E-state index is 0.0373. The fourth-order valence-electron chi connectivity index (χ4n) is 6.65. The van der Waals surface area contributed by atoms with Crippen molar-refractivity contribution in [3.8, 4) is 0 Å². The maximum atomic E-state index is 12.9. The fourth-order valence-corrected chi connectivity index (χ4v) is 7.43. The number of phosphoric acid groups is 1. The summed E-state index contributed by atoms with van der Waals surface area (Å²) in [4.78, 5) is 48.3. The van der Waals surface area contributed by atoms with Gasteiger partial charge in [0.15, 0.2) is 6.10 Å². The number of carbonyl (C=O) groups is 3. The van der Waals surface area contributed by atoms with Gasteiger partial charge in [-0.05, 0) is 109 Å². The molecule has 0 aliphatic rings. The molecule has 0 bridgehead atoms. The zero-order valence-corrected chi connectivity index (χ0v) is 44.6. The quantitative estimate of drug-likeness (QED) is 0.0197. The average Bonchev–Trinajstić information content (AvgIpc) is 3.35. The number of phosphoric ester groups is 1. The normalized spacial score (nSPS) is 14.3. The summed E-state index contributed by atoms with van der Waals surface area (Å²) in [6.07, 6.45) is 60.8. The lowest BCUT2D eigenvalue weighted by Gasteiger charge is -2.21. The zero-order chi connectivity index (χ0) is 51.3. The van der Waals surface area contributed by atoms with Crippen LogP contribution in [0.5, 0.6) is 0 Å². The fraction of sp³-hybridized carbons (Fsp3) is 0.638. The molecule has 0 radical (unpaired) electrons. The molecule has 0 aromatic rings. The molecule has 0 fully saturated rings. The highest BCUT2D eigenvalue weighted by atomic mass is 31.2. The molecular formula is C58H95O11P. The van der Waals surface area contributed by atoms with Gasteiger partial charge in [-0.1, -0.05) is 182 Å². The Morgan fingerprint density at radius 1 is 0.414 bits per heavy atom. The van der Waals surface area contributed by atoms with Gasteiger partial charge in [0.2, 0.25) is 0 Å². The largest absolute Gasteiger partial charge is 0.472 e. The standard InChI is InChI=1S/C58H95O11P/c1-4-7-10-13-16-19-22-25-26-27-28-31-32-35-38-41-44-47-56(60)65-51-55(69-58(62)49-46-43-40-37-34-30-24-21-18-15-12-9-6-3)53-67-70(63,64)66-52-54(50-59)68-57(61)48-45-42-39-36-33-29-23-20-17-14-11-8-5-2/h8-9,11-12,16-21,25-26,29-30,33-34,40,43,54-55,59H,4-7,10,13-15,22-24,27-28,31-32,35-39,41-42,44-53H2,1-3H3,(H,63,64)/b11-8-,12-9-,19-16-,20-17-,21-18-,26-25-,33-29-,34-30-,43-40-. The van der Waals surface area contributed by atoms with Gasteiger partial charge in [-0.25, -0.2) is 4.57 Å². The molecule has 0 aromatic carbocycles. The molecule has 70 heavy (non-hydrogen) atoms. The van der Waals surface area contributed by atoms with Crippen molar-refractivity contribution in [2.24, 2.45) is 0 Å². The van der Waals surface area contributed by atoms with Crippen LogP contribution in [0, 0.1) is 0 Å². The first-order valence-corrected chi connectivity index (χ1v) is 28.3. The summed E-state index contributed by atoms with van der Waals surface area (Å²) in [6.45, 7) is 4.23. The highest BCUT2D eigenvalue weighted by Crippen LogP contribution is 2.43. The molecule has 2 N–H and O–H groups in total. The molecule has 3 atom stereocenters. The van der Waals surface area contributed by atoms with Crippen molar-refractivity contribution >= 4 is 25.7 Å². The van der Waals surface area contributed by atoms with Crippen LogP contribution in [0.4, 0.5) is 0 Å². The number of carbonyl (C=O) groups excluding carboxylic acids is 3. The van der Waals surface area contributed by atoms with Gasteiger partial charge in [0.1, 0.15) is 12.7 Å². The van der Waals surface area contributed by atoms with E-state index in [1.165, 1.54) is 38.5 Å². The molecule has 0 rings (SSSR count). The minimum Gasteiger partial charge on any atom is -0.462 e. The maximum Gasteiger partial charge on any atom is 0.472 e. The molecule has 0 heterocycles. The third-order valence-electron chi connectivity index (χ3n) is 10.7. The van der Waals surface area contributed by atoms with Crippen LogP contribution >= 0.6 is 7.82 Å². The van der Waals surface area contributed by atoms with Crippen molar-refractivity contribution in [1.82, 2.24) is 0 Å². The molecule has 3 unspecified atom stereocenters. The van der Waals surface area contributed by atoms with Crippen LogP contribution in [0.1, 0.15) is 201 Å². The number of rotatable bonds is 48. The Hall–Kier alpha value is -3.86. The van der Waals surface area contributed by atoms with E-state index in [2.05, 4.69) is 118 Å². The van der Waals surface area contributed by atoms with E-state index in [1.807, 2.05) is 12.2 Å². The molecule has 0 saturated heterocycles. The molecule has 398 valence electrons. The first kappa shape index (κ1) is 66.1. The Morgan fingerprint density at radius 3 is 1.24 bits per heavy atom. The second-order valence-corrected chi connectivity index (χ2v) is 18.7. The van der Waals surface area contributed by atoms with Crippen LogP contribution in [0.15, 0.2) is 109 Å². The Labute approximate surface area is 425 Å². The summed E-state index contributed by atoms with van der Waals surface area (Å²) in [5.41, 5.74) is 0. The lowest BCUT2D eigenvalue weighted by molar-refractivity contribution is -0.161. The number of aliphatic hydroxyl groups excluding tert-OH is 1. The van der Waals surface area contributed by atoms with Gasteiger partial charge in [0.05, 0.1) is 19.8 Å². The van der Waals surface area contributed by atoms with Crippen LogP contribution in [0.25, 0.3) is 0 Å². The van der Waals surface area contributed by atoms with Gasteiger partial charge in [0.25, 0.3) is 0 Å². The third kappa shape index (κ3) is 49.1. The van der Waals surface area contributed by atoms with Gasteiger partial charge >= 0.3 is 25.7 Å². The lowest BCUT2D eigenvalue weighted by Crippen LogP contribution is -2.30. The zero-order valence-electron chi connectivity index (χ0n) is 43.7. The second-order valence-electron chi connectivity index (χ2n) is 17.3. The number of esters is 3. The number of hydrogen-bond acceptors (Lipinski definition) is 10.